The van der Waals surface area contributed by atoms with Crippen LogP contribution in [0.4, 0.5) is 0 Å². The van der Waals surface area contributed by atoms with Crippen LogP contribution in [0.1, 0.15) is 29.3 Å². The molecule has 4 aromatic heterocycles. The molecule has 0 N–H and O–H groups in total. The molecule has 8 nitrogen and oxygen atoms in total. The molecule has 0 saturated carbocycles. The van der Waals surface area contributed by atoms with Crippen molar-refractivity contribution in [2.24, 2.45) is 0 Å². The van der Waals surface area contributed by atoms with Crippen molar-refractivity contribution >= 4 is 27.4 Å². The Balaban J connectivity index is 1.46. The normalized spacial score (nSPS) is 16.4. The number of hydrogen-bond donors (Lipinski definition) is 0. The van der Waals surface area contributed by atoms with E-state index in [-0.39, 0.29) is 11.9 Å². The Bertz CT molecular complexity index is 1180. The Morgan fingerprint density at radius 1 is 1.14 bits per heavy atom. The first kappa shape index (κ1) is 17.1. The van der Waals surface area contributed by atoms with Crippen LogP contribution in [-0.4, -0.2) is 46.7 Å². The summed E-state index contributed by atoms with van der Waals surface area (Å²) in [4.78, 5) is 19.0. The molecule has 4 aromatic rings. The highest BCUT2D eigenvalue weighted by atomic mass is 79.9. The zero-order valence-corrected chi connectivity index (χ0v) is 16.6. The molecule has 28 heavy (non-hydrogen) atoms. The first-order chi connectivity index (χ1) is 13.6. The fraction of sp³-hybridized carbons (Fsp3) is 0.211. The van der Waals surface area contributed by atoms with Gasteiger partial charge in [-0.3, -0.25) is 9.78 Å². The highest BCUT2D eigenvalue weighted by Gasteiger charge is 2.33. The molecule has 0 fully saturated rings. The third-order valence-electron chi connectivity index (χ3n) is 5.03. The second kappa shape index (κ2) is 6.52. The number of hydrogen-bond acceptors (Lipinski definition) is 5. The van der Waals surface area contributed by atoms with Gasteiger partial charge in [0, 0.05) is 41.7 Å². The van der Waals surface area contributed by atoms with Gasteiger partial charge < -0.3 is 9.47 Å². The van der Waals surface area contributed by atoms with Gasteiger partial charge in [0.25, 0.3) is 5.91 Å². The van der Waals surface area contributed by atoms with E-state index in [9.17, 15) is 4.79 Å². The van der Waals surface area contributed by atoms with E-state index >= 15 is 0 Å². The standard InChI is InChI=1S/C19H16BrN7O/c1-12-17-22-23-18(13-4-6-21-7-5-13)26(17)9-8-25(12)19(28)16-10-15-3-2-14(20)11-27(15)24-16/h2-7,10-12H,8-9H2,1H3. The highest BCUT2D eigenvalue weighted by molar-refractivity contribution is 9.10. The quantitative estimate of drug-likeness (QED) is 0.481. The minimum Gasteiger partial charge on any atom is -0.325 e. The Labute approximate surface area is 169 Å². The van der Waals surface area contributed by atoms with Gasteiger partial charge in [-0.15, -0.1) is 10.2 Å². The Kier molecular flexibility index (Phi) is 3.97. The van der Waals surface area contributed by atoms with E-state index < -0.39 is 0 Å². The van der Waals surface area contributed by atoms with Gasteiger partial charge in [-0.05, 0) is 53.2 Å². The lowest BCUT2D eigenvalue weighted by Crippen LogP contribution is -2.41. The Morgan fingerprint density at radius 3 is 2.79 bits per heavy atom. The van der Waals surface area contributed by atoms with Gasteiger partial charge in [-0.2, -0.15) is 5.10 Å². The number of amides is 1. The first-order valence-corrected chi connectivity index (χ1v) is 9.70. The van der Waals surface area contributed by atoms with Gasteiger partial charge in [0.2, 0.25) is 0 Å². The highest BCUT2D eigenvalue weighted by Crippen LogP contribution is 2.29. The number of rotatable bonds is 2. The molecule has 5 heterocycles. The maximum Gasteiger partial charge on any atom is 0.275 e. The van der Waals surface area contributed by atoms with Crippen LogP contribution < -0.4 is 0 Å². The number of nitrogens with zero attached hydrogens (tertiary/aromatic N) is 7. The molecule has 0 radical (unpaired) electrons. The summed E-state index contributed by atoms with van der Waals surface area (Å²) in [5, 5.41) is 13.2. The smallest absolute Gasteiger partial charge is 0.275 e. The maximum absolute atomic E-state index is 13.1. The molecule has 1 amide bonds. The summed E-state index contributed by atoms with van der Waals surface area (Å²) in [6.07, 6.45) is 5.31. The monoisotopic (exact) mass is 437 g/mol. The van der Waals surface area contributed by atoms with Crippen molar-refractivity contribution in [3.63, 3.8) is 0 Å². The zero-order chi connectivity index (χ0) is 19.3. The van der Waals surface area contributed by atoms with E-state index in [0.717, 1.165) is 27.2 Å². The lowest BCUT2D eigenvalue weighted by Gasteiger charge is -2.33. The van der Waals surface area contributed by atoms with Gasteiger partial charge in [0.05, 0.1) is 11.6 Å². The third-order valence-corrected chi connectivity index (χ3v) is 5.50. The van der Waals surface area contributed by atoms with Crippen molar-refractivity contribution in [2.75, 3.05) is 6.54 Å². The fourth-order valence-corrected chi connectivity index (χ4v) is 3.92. The van der Waals surface area contributed by atoms with Crippen LogP contribution in [0.15, 0.2) is 53.4 Å². The molecular formula is C19H16BrN7O. The van der Waals surface area contributed by atoms with Gasteiger partial charge in [-0.25, -0.2) is 4.52 Å². The molecule has 9 heteroatoms. The summed E-state index contributed by atoms with van der Waals surface area (Å²) in [7, 11) is 0. The molecular weight excluding hydrogens is 422 g/mol. The van der Waals surface area contributed by atoms with Gasteiger partial charge in [0.15, 0.2) is 17.3 Å². The molecule has 0 aromatic carbocycles. The van der Waals surface area contributed by atoms with Crippen LogP contribution in [0.2, 0.25) is 0 Å². The summed E-state index contributed by atoms with van der Waals surface area (Å²) in [5.74, 6) is 1.47. The molecule has 0 bridgehead atoms. The van der Waals surface area contributed by atoms with E-state index in [2.05, 4.69) is 40.8 Å². The fourth-order valence-electron chi connectivity index (χ4n) is 3.59. The van der Waals surface area contributed by atoms with Crippen LogP contribution in [-0.2, 0) is 6.54 Å². The summed E-state index contributed by atoms with van der Waals surface area (Å²) < 4.78 is 4.69. The van der Waals surface area contributed by atoms with Crippen LogP contribution in [0.3, 0.4) is 0 Å². The topological polar surface area (TPSA) is 81.2 Å². The lowest BCUT2D eigenvalue weighted by molar-refractivity contribution is 0.0632. The van der Waals surface area contributed by atoms with Gasteiger partial charge in [0.1, 0.15) is 0 Å². The van der Waals surface area contributed by atoms with Crippen molar-refractivity contribution < 1.29 is 4.79 Å². The van der Waals surface area contributed by atoms with E-state index in [4.69, 9.17) is 0 Å². The third kappa shape index (κ3) is 2.70. The van der Waals surface area contributed by atoms with Crippen LogP contribution in [0.5, 0.6) is 0 Å². The van der Waals surface area contributed by atoms with Gasteiger partial charge >= 0.3 is 0 Å². The molecule has 5 rings (SSSR count). The molecule has 1 aliphatic heterocycles. The largest absolute Gasteiger partial charge is 0.325 e. The lowest BCUT2D eigenvalue weighted by atomic mass is 10.1. The maximum atomic E-state index is 13.1. The van der Waals surface area contributed by atoms with Crippen molar-refractivity contribution in [2.45, 2.75) is 19.5 Å². The van der Waals surface area contributed by atoms with E-state index in [1.165, 1.54) is 0 Å². The molecule has 1 aliphatic rings. The number of halogens is 1. The predicted octanol–water partition coefficient (Wildman–Crippen LogP) is 2.97. The van der Waals surface area contributed by atoms with Crippen LogP contribution in [0, 0.1) is 0 Å². The predicted molar refractivity (Wildman–Crippen MR) is 106 cm³/mol. The molecule has 0 aliphatic carbocycles. The number of aromatic nitrogens is 6. The van der Waals surface area contributed by atoms with Crippen LogP contribution in [0.25, 0.3) is 16.9 Å². The van der Waals surface area contributed by atoms with Crippen molar-refractivity contribution in [1.82, 2.24) is 34.3 Å². The van der Waals surface area contributed by atoms with Crippen LogP contribution >= 0.6 is 15.9 Å². The van der Waals surface area contributed by atoms with Crippen molar-refractivity contribution in [3.05, 3.63) is 64.9 Å². The van der Waals surface area contributed by atoms with E-state index in [1.54, 1.807) is 21.8 Å². The zero-order valence-electron chi connectivity index (χ0n) is 15.0. The van der Waals surface area contributed by atoms with Crippen molar-refractivity contribution in [1.29, 1.82) is 0 Å². The molecule has 0 spiro atoms. The Morgan fingerprint density at radius 2 is 1.96 bits per heavy atom. The van der Waals surface area contributed by atoms with Gasteiger partial charge in [-0.1, -0.05) is 0 Å². The number of carbonyl (C=O) groups excluding carboxylic acids is 1. The van der Waals surface area contributed by atoms with E-state index in [1.807, 2.05) is 43.5 Å². The summed E-state index contributed by atoms with van der Waals surface area (Å²) in [6.45, 7) is 3.18. The molecule has 1 unspecified atom stereocenters. The molecule has 1 atom stereocenters. The minimum absolute atomic E-state index is 0.105. The summed E-state index contributed by atoms with van der Waals surface area (Å²) in [6, 6.07) is 9.29. The average molecular weight is 438 g/mol. The minimum atomic E-state index is -0.194. The van der Waals surface area contributed by atoms with Crippen molar-refractivity contribution in [3.8, 4) is 11.4 Å². The average Bonchev–Trinajstić information content (AvgIpc) is 3.32. The number of fused-ring (bicyclic) bond motifs is 2. The van der Waals surface area contributed by atoms with E-state index in [0.29, 0.717) is 18.8 Å². The summed E-state index contributed by atoms with van der Waals surface area (Å²) >= 11 is 3.43. The molecule has 140 valence electrons. The number of carbonyl (C=O) groups is 1. The second-order valence-electron chi connectivity index (χ2n) is 6.69. The SMILES string of the molecule is CC1c2nnc(-c3ccncc3)n2CCN1C(=O)c1cc2ccc(Br)cn2n1. The first-order valence-electron chi connectivity index (χ1n) is 8.91. The number of pyridine rings is 2. The molecule has 0 saturated heterocycles. The summed E-state index contributed by atoms with van der Waals surface area (Å²) in [5.41, 5.74) is 2.26. The second-order valence-corrected chi connectivity index (χ2v) is 7.61. The Hall–Kier alpha value is -3.07.